The molecule has 1 rings (SSSR count). The Bertz CT molecular complexity index is 391. The summed E-state index contributed by atoms with van der Waals surface area (Å²) in [7, 11) is 0. The second-order valence-electron chi connectivity index (χ2n) is 3.84. The third kappa shape index (κ3) is 2.92. The summed E-state index contributed by atoms with van der Waals surface area (Å²) in [6.07, 6.45) is 1.71. The number of thioether (sulfide) groups is 1. The molecule has 0 atom stereocenters. The molecule has 0 aromatic carbocycles. The van der Waals surface area contributed by atoms with Gasteiger partial charge in [0.1, 0.15) is 4.75 Å². The van der Waals surface area contributed by atoms with Crippen LogP contribution in [0, 0.1) is 13.8 Å². The van der Waals surface area contributed by atoms with E-state index in [2.05, 4.69) is 9.97 Å². The Morgan fingerprint density at radius 1 is 1.47 bits per heavy atom. The van der Waals surface area contributed by atoms with Crippen LogP contribution in [0.25, 0.3) is 0 Å². The molecule has 15 heavy (non-hydrogen) atoms. The molecule has 0 fully saturated rings. The van der Waals surface area contributed by atoms with Gasteiger partial charge in [0.15, 0.2) is 5.16 Å². The molecule has 0 unspecified atom stereocenters. The Morgan fingerprint density at radius 3 is 2.53 bits per heavy atom. The molecule has 0 saturated carbocycles. The van der Waals surface area contributed by atoms with Crippen molar-refractivity contribution in [2.45, 2.75) is 37.6 Å². The van der Waals surface area contributed by atoms with Crippen molar-refractivity contribution in [3.8, 4) is 0 Å². The van der Waals surface area contributed by atoms with Crippen molar-refractivity contribution >= 4 is 17.7 Å². The molecule has 0 bridgehead atoms. The molecule has 5 heteroatoms. The monoisotopic (exact) mass is 226 g/mol. The van der Waals surface area contributed by atoms with Crippen molar-refractivity contribution in [3.63, 3.8) is 0 Å². The van der Waals surface area contributed by atoms with Crippen molar-refractivity contribution in [1.29, 1.82) is 0 Å². The number of hydrogen-bond acceptors (Lipinski definition) is 4. The Kier molecular flexibility index (Phi) is 3.34. The zero-order valence-corrected chi connectivity index (χ0v) is 10.1. The lowest BCUT2D eigenvalue weighted by atomic mass is 10.2. The van der Waals surface area contributed by atoms with E-state index in [0.717, 1.165) is 23.0 Å². The Hall–Kier alpha value is -1.10. The standard InChI is InChI=1S/C10H14N2O2S/c1-6-5-11-9(12-7(6)2)15-10(3,4)8(13)14/h5H,1-4H3,(H,13,14). The largest absolute Gasteiger partial charge is 0.480 e. The van der Waals surface area contributed by atoms with E-state index in [9.17, 15) is 4.79 Å². The number of aromatic nitrogens is 2. The molecule has 0 aliphatic heterocycles. The van der Waals surface area contributed by atoms with Crippen molar-refractivity contribution in [3.05, 3.63) is 17.5 Å². The van der Waals surface area contributed by atoms with Gasteiger partial charge in [-0.25, -0.2) is 9.97 Å². The van der Waals surface area contributed by atoms with Crippen LogP contribution in [-0.2, 0) is 4.79 Å². The third-order valence-electron chi connectivity index (χ3n) is 2.06. The lowest BCUT2D eigenvalue weighted by Crippen LogP contribution is -2.27. The molecule has 82 valence electrons. The predicted molar refractivity (Wildman–Crippen MR) is 59.1 cm³/mol. The summed E-state index contributed by atoms with van der Waals surface area (Å²) < 4.78 is -0.901. The quantitative estimate of drug-likeness (QED) is 0.631. The lowest BCUT2D eigenvalue weighted by Gasteiger charge is -2.17. The van der Waals surface area contributed by atoms with Crippen LogP contribution in [0.5, 0.6) is 0 Å². The van der Waals surface area contributed by atoms with Crippen LogP contribution in [0.15, 0.2) is 11.4 Å². The van der Waals surface area contributed by atoms with Gasteiger partial charge in [0.25, 0.3) is 0 Å². The zero-order chi connectivity index (χ0) is 11.6. The average molecular weight is 226 g/mol. The maximum absolute atomic E-state index is 10.9. The number of aliphatic carboxylic acids is 1. The van der Waals surface area contributed by atoms with Gasteiger partial charge >= 0.3 is 5.97 Å². The van der Waals surface area contributed by atoms with Crippen molar-refractivity contribution in [1.82, 2.24) is 9.97 Å². The normalized spacial score (nSPS) is 11.5. The summed E-state index contributed by atoms with van der Waals surface area (Å²) >= 11 is 1.16. The fourth-order valence-corrected chi connectivity index (χ4v) is 1.66. The van der Waals surface area contributed by atoms with Gasteiger partial charge in [-0.1, -0.05) is 11.8 Å². The van der Waals surface area contributed by atoms with Crippen LogP contribution in [-0.4, -0.2) is 25.8 Å². The number of carboxylic acid groups (broad SMARTS) is 1. The lowest BCUT2D eigenvalue weighted by molar-refractivity contribution is -0.138. The van der Waals surface area contributed by atoms with Crippen LogP contribution in [0.2, 0.25) is 0 Å². The first kappa shape index (κ1) is 12.0. The SMILES string of the molecule is Cc1cnc(SC(C)(C)C(=O)O)nc1C. The highest BCUT2D eigenvalue weighted by Crippen LogP contribution is 2.30. The minimum absolute atomic E-state index is 0.505. The average Bonchev–Trinajstić information content (AvgIpc) is 2.10. The number of nitrogens with zero attached hydrogens (tertiary/aromatic N) is 2. The van der Waals surface area contributed by atoms with Crippen LogP contribution in [0.3, 0.4) is 0 Å². The van der Waals surface area contributed by atoms with Gasteiger partial charge in [-0.3, -0.25) is 4.79 Å². The summed E-state index contributed by atoms with van der Waals surface area (Å²) in [6.45, 7) is 7.08. The molecule has 0 saturated heterocycles. The molecule has 0 aliphatic carbocycles. The second-order valence-corrected chi connectivity index (χ2v) is 5.43. The van der Waals surface area contributed by atoms with Crippen molar-refractivity contribution in [2.75, 3.05) is 0 Å². The molecular formula is C10H14N2O2S. The fourth-order valence-electron chi connectivity index (χ4n) is 0.827. The molecule has 4 nitrogen and oxygen atoms in total. The van der Waals surface area contributed by atoms with E-state index in [1.165, 1.54) is 0 Å². The molecule has 0 aliphatic rings. The second kappa shape index (κ2) is 4.18. The summed E-state index contributed by atoms with van der Waals surface area (Å²) in [6, 6.07) is 0. The van der Waals surface area contributed by atoms with Gasteiger partial charge in [0.2, 0.25) is 0 Å². The topological polar surface area (TPSA) is 63.1 Å². The molecule has 0 radical (unpaired) electrons. The molecule has 1 aromatic rings. The maximum Gasteiger partial charge on any atom is 0.319 e. The van der Waals surface area contributed by atoms with Gasteiger partial charge in [0, 0.05) is 11.9 Å². The maximum atomic E-state index is 10.9. The summed E-state index contributed by atoms with van der Waals surface area (Å²) in [5.74, 6) is -0.866. The van der Waals surface area contributed by atoms with E-state index >= 15 is 0 Å². The number of rotatable bonds is 3. The highest BCUT2D eigenvalue weighted by molar-refractivity contribution is 8.01. The highest BCUT2D eigenvalue weighted by Gasteiger charge is 2.29. The van der Waals surface area contributed by atoms with E-state index in [4.69, 9.17) is 5.11 Å². The molecule has 1 aromatic heterocycles. The van der Waals surface area contributed by atoms with Gasteiger partial charge in [0.05, 0.1) is 0 Å². The number of carboxylic acids is 1. The molecule has 1 N–H and O–H groups in total. The smallest absolute Gasteiger partial charge is 0.319 e. The van der Waals surface area contributed by atoms with E-state index in [1.807, 2.05) is 13.8 Å². The molecular weight excluding hydrogens is 212 g/mol. The van der Waals surface area contributed by atoms with E-state index in [0.29, 0.717) is 5.16 Å². The van der Waals surface area contributed by atoms with Crippen LogP contribution < -0.4 is 0 Å². The van der Waals surface area contributed by atoms with E-state index < -0.39 is 10.7 Å². The van der Waals surface area contributed by atoms with Crippen LogP contribution in [0.1, 0.15) is 25.1 Å². The van der Waals surface area contributed by atoms with Crippen LogP contribution in [0.4, 0.5) is 0 Å². The Morgan fingerprint density at radius 2 is 2.07 bits per heavy atom. The number of hydrogen-bond donors (Lipinski definition) is 1. The summed E-state index contributed by atoms with van der Waals surface area (Å²) in [4.78, 5) is 19.2. The number of aryl methyl sites for hydroxylation is 2. The zero-order valence-electron chi connectivity index (χ0n) is 9.24. The first-order chi connectivity index (χ1) is 6.83. The summed E-state index contributed by atoms with van der Waals surface area (Å²) in [5.41, 5.74) is 1.89. The van der Waals surface area contributed by atoms with E-state index in [-0.39, 0.29) is 0 Å². The molecule has 1 heterocycles. The summed E-state index contributed by atoms with van der Waals surface area (Å²) in [5, 5.41) is 9.46. The van der Waals surface area contributed by atoms with Gasteiger partial charge in [-0.2, -0.15) is 0 Å². The Balaban J connectivity index is 2.91. The Labute approximate surface area is 93.1 Å². The third-order valence-corrected chi connectivity index (χ3v) is 3.13. The van der Waals surface area contributed by atoms with Gasteiger partial charge < -0.3 is 5.11 Å². The van der Waals surface area contributed by atoms with Gasteiger partial charge in [-0.05, 0) is 33.3 Å². The fraction of sp³-hybridized carbons (Fsp3) is 0.500. The minimum Gasteiger partial charge on any atom is -0.480 e. The highest BCUT2D eigenvalue weighted by atomic mass is 32.2. The van der Waals surface area contributed by atoms with Crippen LogP contribution >= 0.6 is 11.8 Å². The molecule has 0 amide bonds. The van der Waals surface area contributed by atoms with E-state index in [1.54, 1.807) is 20.0 Å². The van der Waals surface area contributed by atoms with Crippen molar-refractivity contribution in [2.24, 2.45) is 0 Å². The minimum atomic E-state index is -0.901. The van der Waals surface area contributed by atoms with Gasteiger partial charge in [-0.15, -0.1) is 0 Å². The first-order valence-electron chi connectivity index (χ1n) is 4.55. The molecule has 0 spiro atoms. The van der Waals surface area contributed by atoms with Crippen molar-refractivity contribution < 1.29 is 9.90 Å². The number of carbonyl (C=O) groups is 1. The predicted octanol–water partition coefficient (Wildman–Crippen LogP) is 2.05. The first-order valence-corrected chi connectivity index (χ1v) is 5.37.